The first kappa shape index (κ1) is 9.01. The van der Waals surface area contributed by atoms with Crippen LogP contribution in [-0.4, -0.2) is 30.6 Å². The van der Waals surface area contributed by atoms with E-state index in [4.69, 9.17) is 5.73 Å². The van der Waals surface area contributed by atoms with Crippen LogP contribution in [0, 0.1) is 5.92 Å². The predicted molar refractivity (Wildman–Crippen MR) is 48.5 cm³/mol. The molecule has 2 atom stereocenters. The SMILES string of the molecule is CC1CCCN(C(C)CN)C1. The summed E-state index contributed by atoms with van der Waals surface area (Å²) < 4.78 is 0. The standard InChI is InChI=1S/C9H20N2/c1-8-4-3-5-11(7-8)9(2)6-10/h8-9H,3-7,10H2,1-2H3. The van der Waals surface area contributed by atoms with Crippen molar-refractivity contribution in [3.63, 3.8) is 0 Å². The lowest BCUT2D eigenvalue weighted by Gasteiger charge is -2.34. The second-order valence-corrected chi connectivity index (χ2v) is 3.83. The molecule has 1 fully saturated rings. The quantitative estimate of drug-likeness (QED) is 0.648. The lowest BCUT2D eigenvalue weighted by molar-refractivity contribution is 0.142. The van der Waals surface area contributed by atoms with E-state index in [1.54, 1.807) is 0 Å². The molecule has 2 N–H and O–H groups in total. The van der Waals surface area contributed by atoms with Crippen LogP contribution in [-0.2, 0) is 0 Å². The molecule has 11 heavy (non-hydrogen) atoms. The number of hydrogen-bond donors (Lipinski definition) is 1. The Morgan fingerprint density at radius 3 is 2.91 bits per heavy atom. The zero-order chi connectivity index (χ0) is 8.27. The van der Waals surface area contributed by atoms with Gasteiger partial charge in [0.2, 0.25) is 0 Å². The van der Waals surface area contributed by atoms with Crippen molar-refractivity contribution < 1.29 is 0 Å². The van der Waals surface area contributed by atoms with Crippen LogP contribution in [0.4, 0.5) is 0 Å². The molecular weight excluding hydrogens is 136 g/mol. The van der Waals surface area contributed by atoms with Crippen LogP contribution in [0.5, 0.6) is 0 Å². The van der Waals surface area contributed by atoms with E-state index in [-0.39, 0.29) is 0 Å². The molecule has 2 heteroatoms. The third-order valence-corrected chi connectivity index (χ3v) is 2.65. The highest BCUT2D eigenvalue weighted by atomic mass is 15.2. The van der Waals surface area contributed by atoms with Gasteiger partial charge in [-0.25, -0.2) is 0 Å². The summed E-state index contributed by atoms with van der Waals surface area (Å²) in [6.07, 6.45) is 2.75. The Labute approximate surface area is 69.8 Å². The molecule has 2 unspecified atom stereocenters. The summed E-state index contributed by atoms with van der Waals surface area (Å²) in [7, 11) is 0. The molecule has 66 valence electrons. The predicted octanol–water partition coefficient (Wildman–Crippen LogP) is 1.07. The third kappa shape index (κ3) is 2.46. The second kappa shape index (κ2) is 4.07. The van der Waals surface area contributed by atoms with Crippen molar-refractivity contribution in [1.29, 1.82) is 0 Å². The summed E-state index contributed by atoms with van der Waals surface area (Å²) in [5, 5.41) is 0. The Balaban J connectivity index is 2.33. The first-order chi connectivity index (χ1) is 5.24. The van der Waals surface area contributed by atoms with Crippen molar-refractivity contribution in [1.82, 2.24) is 4.90 Å². The number of rotatable bonds is 2. The van der Waals surface area contributed by atoms with E-state index in [1.807, 2.05) is 0 Å². The maximum absolute atomic E-state index is 5.61. The van der Waals surface area contributed by atoms with Gasteiger partial charge in [0.1, 0.15) is 0 Å². The zero-order valence-electron chi connectivity index (χ0n) is 7.71. The molecule has 2 nitrogen and oxygen atoms in total. The van der Waals surface area contributed by atoms with Crippen molar-refractivity contribution in [2.45, 2.75) is 32.7 Å². The molecule has 1 heterocycles. The molecule has 0 aromatic rings. The van der Waals surface area contributed by atoms with E-state index >= 15 is 0 Å². The number of nitrogens with two attached hydrogens (primary N) is 1. The van der Waals surface area contributed by atoms with E-state index in [0.29, 0.717) is 6.04 Å². The maximum atomic E-state index is 5.61. The first-order valence-corrected chi connectivity index (χ1v) is 4.68. The smallest absolute Gasteiger partial charge is 0.0190 e. The summed E-state index contributed by atoms with van der Waals surface area (Å²) >= 11 is 0. The topological polar surface area (TPSA) is 29.3 Å². The van der Waals surface area contributed by atoms with Gasteiger partial charge in [0.25, 0.3) is 0 Å². The fraction of sp³-hybridized carbons (Fsp3) is 1.00. The Bertz CT molecular complexity index is 114. The zero-order valence-corrected chi connectivity index (χ0v) is 7.71. The molecule has 0 spiro atoms. The lowest BCUT2D eigenvalue weighted by atomic mass is 9.99. The minimum absolute atomic E-state index is 0.581. The van der Waals surface area contributed by atoms with Gasteiger partial charge in [0.05, 0.1) is 0 Å². The molecule has 0 bridgehead atoms. The fourth-order valence-corrected chi connectivity index (χ4v) is 1.78. The number of hydrogen-bond acceptors (Lipinski definition) is 2. The minimum atomic E-state index is 0.581. The normalized spacial score (nSPS) is 30.3. The molecule has 0 radical (unpaired) electrons. The molecule has 1 rings (SSSR count). The average molecular weight is 156 g/mol. The van der Waals surface area contributed by atoms with E-state index in [0.717, 1.165) is 12.5 Å². The van der Waals surface area contributed by atoms with Gasteiger partial charge in [-0.05, 0) is 32.2 Å². The van der Waals surface area contributed by atoms with Crippen LogP contribution in [0.15, 0.2) is 0 Å². The molecule has 0 aromatic carbocycles. The lowest BCUT2D eigenvalue weighted by Crippen LogP contribution is -2.44. The Hall–Kier alpha value is -0.0800. The van der Waals surface area contributed by atoms with Gasteiger partial charge in [0.15, 0.2) is 0 Å². The molecule has 1 aliphatic heterocycles. The van der Waals surface area contributed by atoms with Crippen molar-refractivity contribution >= 4 is 0 Å². The van der Waals surface area contributed by atoms with Crippen LogP contribution in [0.3, 0.4) is 0 Å². The van der Waals surface area contributed by atoms with Gasteiger partial charge in [-0.1, -0.05) is 6.92 Å². The average Bonchev–Trinajstić information content (AvgIpc) is 2.03. The van der Waals surface area contributed by atoms with Crippen molar-refractivity contribution in [3.8, 4) is 0 Å². The summed E-state index contributed by atoms with van der Waals surface area (Å²) in [6, 6.07) is 0.581. The molecule has 0 aromatic heterocycles. The highest BCUT2D eigenvalue weighted by Gasteiger charge is 2.19. The van der Waals surface area contributed by atoms with Crippen LogP contribution < -0.4 is 5.73 Å². The maximum Gasteiger partial charge on any atom is 0.0190 e. The van der Waals surface area contributed by atoms with Gasteiger partial charge in [0, 0.05) is 19.1 Å². The van der Waals surface area contributed by atoms with Gasteiger partial charge in [-0.15, -0.1) is 0 Å². The summed E-state index contributed by atoms with van der Waals surface area (Å²) in [6.45, 7) is 7.85. The third-order valence-electron chi connectivity index (χ3n) is 2.65. The second-order valence-electron chi connectivity index (χ2n) is 3.83. The summed E-state index contributed by atoms with van der Waals surface area (Å²) in [4.78, 5) is 2.51. The summed E-state index contributed by atoms with van der Waals surface area (Å²) in [5.41, 5.74) is 5.61. The van der Waals surface area contributed by atoms with Crippen molar-refractivity contribution in [2.75, 3.05) is 19.6 Å². The Morgan fingerprint density at radius 2 is 2.36 bits per heavy atom. The van der Waals surface area contributed by atoms with E-state index in [1.165, 1.54) is 25.9 Å². The fourth-order valence-electron chi connectivity index (χ4n) is 1.78. The largest absolute Gasteiger partial charge is 0.329 e. The van der Waals surface area contributed by atoms with Crippen LogP contribution >= 0.6 is 0 Å². The molecule has 0 amide bonds. The molecule has 0 saturated carbocycles. The molecule has 0 aliphatic carbocycles. The highest BCUT2D eigenvalue weighted by Crippen LogP contribution is 2.16. The Kier molecular flexibility index (Phi) is 3.34. The number of likely N-dealkylation sites (tertiary alicyclic amines) is 1. The summed E-state index contributed by atoms with van der Waals surface area (Å²) in [5.74, 6) is 0.873. The number of piperidine rings is 1. The first-order valence-electron chi connectivity index (χ1n) is 4.68. The number of nitrogens with zero attached hydrogens (tertiary/aromatic N) is 1. The van der Waals surface area contributed by atoms with Gasteiger partial charge >= 0.3 is 0 Å². The van der Waals surface area contributed by atoms with Crippen LogP contribution in [0.1, 0.15) is 26.7 Å². The highest BCUT2D eigenvalue weighted by molar-refractivity contribution is 4.74. The minimum Gasteiger partial charge on any atom is -0.329 e. The van der Waals surface area contributed by atoms with E-state index in [9.17, 15) is 0 Å². The monoisotopic (exact) mass is 156 g/mol. The Morgan fingerprint density at radius 1 is 1.64 bits per heavy atom. The van der Waals surface area contributed by atoms with Gasteiger partial charge in [-0.3, -0.25) is 4.90 Å². The van der Waals surface area contributed by atoms with E-state index in [2.05, 4.69) is 18.7 Å². The van der Waals surface area contributed by atoms with Gasteiger partial charge in [-0.2, -0.15) is 0 Å². The molecule has 1 saturated heterocycles. The van der Waals surface area contributed by atoms with Gasteiger partial charge < -0.3 is 5.73 Å². The van der Waals surface area contributed by atoms with Crippen molar-refractivity contribution in [2.24, 2.45) is 11.7 Å². The molecular formula is C9H20N2. The molecule has 1 aliphatic rings. The van der Waals surface area contributed by atoms with E-state index < -0.39 is 0 Å². The van der Waals surface area contributed by atoms with Crippen LogP contribution in [0.25, 0.3) is 0 Å². The van der Waals surface area contributed by atoms with Crippen molar-refractivity contribution in [3.05, 3.63) is 0 Å². The van der Waals surface area contributed by atoms with Crippen LogP contribution in [0.2, 0.25) is 0 Å².